The van der Waals surface area contributed by atoms with E-state index in [-0.39, 0.29) is 11.4 Å². The molecule has 1 aliphatic carbocycles. The highest BCUT2D eigenvalue weighted by molar-refractivity contribution is 5.50. The van der Waals surface area contributed by atoms with Crippen LogP contribution >= 0.6 is 0 Å². The maximum absolute atomic E-state index is 10.7. The van der Waals surface area contributed by atoms with Crippen molar-refractivity contribution in [1.29, 1.82) is 5.26 Å². The van der Waals surface area contributed by atoms with Crippen molar-refractivity contribution in [2.75, 3.05) is 25.5 Å². The first-order valence-electron chi connectivity index (χ1n) is 6.11. The highest BCUT2D eigenvalue weighted by atomic mass is 16.6. The third-order valence-electron chi connectivity index (χ3n) is 3.12. The summed E-state index contributed by atoms with van der Waals surface area (Å²) in [6, 6.07) is 5.27. The van der Waals surface area contributed by atoms with Gasteiger partial charge in [-0.15, -0.1) is 0 Å². The number of pyridine rings is 1. The molecule has 1 fully saturated rings. The van der Waals surface area contributed by atoms with Gasteiger partial charge in [0.1, 0.15) is 11.9 Å². The second-order valence-electron chi connectivity index (χ2n) is 4.57. The molecule has 0 amide bonds. The summed E-state index contributed by atoms with van der Waals surface area (Å²) in [5.74, 6) is 0.492. The van der Waals surface area contributed by atoms with Gasteiger partial charge in [-0.25, -0.2) is 4.98 Å². The molecule has 100 valence electrons. The molecule has 0 aromatic carbocycles. The fourth-order valence-electron chi connectivity index (χ4n) is 1.84. The molecule has 2 rings (SSSR count). The van der Waals surface area contributed by atoms with Crippen LogP contribution in [0.3, 0.4) is 0 Å². The van der Waals surface area contributed by atoms with Crippen molar-refractivity contribution in [3.8, 4) is 6.07 Å². The summed E-state index contributed by atoms with van der Waals surface area (Å²) in [5, 5.41) is 22.6. The molecule has 7 nitrogen and oxygen atoms in total. The van der Waals surface area contributed by atoms with Crippen molar-refractivity contribution in [3.05, 3.63) is 27.9 Å². The van der Waals surface area contributed by atoms with Gasteiger partial charge < -0.3 is 10.2 Å². The normalized spacial score (nSPS) is 14.2. The molecule has 19 heavy (non-hydrogen) atoms. The van der Waals surface area contributed by atoms with Gasteiger partial charge in [0, 0.05) is 25.2 Å². The Morgan fingerprint density at radius 3 is 2.95 bits per heavy atom. The summed E-state index contributed by atoms with van der Waals surface area (Å²) >= 11 is 0. The molecular weight excluding hydrogens is 246 g/mol. The minimum Gasteiger partial charge on any atom is -0.369 e. The van der Waals surface area contributed by atoms with Crippen molar-refractivity contribution < 1.29 is 4.92 Å². The number of nitriles is 1. The van der Waals surface area contributed by atoms with Gasteiger partial charge >= 0.3 is 5.69 Å². The molecule has 1 aromatic rings. The Hall–Kier alpha value is -2.20. The molecule has 7 heteroatoms. The molecule has 0 saturated heterocycles. The molecule has 1 saturated carbocycles. The largest absolute Gasteiger partial charge is 0.369 e. The first-order valence-corrected chi connectivity index (χ1v) is 6.11. The van der Waals surface area contributed by atoms with E-state index < -0.39 is 4.92 Å². The number of nitrogens with zero attached hydrogens (tertiary/aromatic N) is 4. The number of anilines is 1. The quantitative estimate of drug-likeness (QED) is 0.613. The van der Waals surface area contributed by atoms with Gasteiger partial charge in [0.2, 0.25) is 5.69 Å². The van der Waals surface area contributed by atoms with Gasteiger partial charge in [-0.3, -0.25) is 10.1 Å². The van der Waals surface area contributed by atoms with Gasteiger partial charge in [0.05, 0.1) is 4.92 Å². The third kappa shape index (κ3) is 3.39. The average Bonchev–Trinajstić information content (AvgIpc) is 3.22. The smallest absolute Gasteiger partial charge is 0.305 e. The van der Waals surface area contributed by atoms with Crippen LogP contribution < -0.4 is 5.32 Å². The third-order valence-corrected chi connectivity index (χ3v) is 3.12. The Kier molecular flexibility index (Phi) is 3.92. The molecular formula is C12H15N5O2. The number of nitrogens with one attached hydrogen (secondary N) is 1. The molecule has 0 spiro atoms. The maximum atomic E-state index is 10.7. The summed E-state index contributed by atoms with van der Waals surface area (Å²) in [5.41, 5.74) is -0.423. The Bertz CT molecular complexity index is 521. The van der Waals surface area contributed by atoms with E-state index in [0.717, 1.165) is 6.54 Å². The van der Waals surface area contributed by atoms with Gasteiger partial charge in [-0.05, 0) is 26.0 Å². The molecule has 1 aliphatic rings. The molecule has 1 aromatic heterocycles. The lowest BCUT2D eigenvalue weighted by molar-refractivity contribution is -0.385. The molecule has 0 atom stereocenters. The Balaban J connectivity index is 1.93. The number of hydrogen-bond donors (Lipinski definition) is 1. The standard InChI is InChI=1S/C12H15N5O2/c1-16(9-2-3-9)7-6-14-12-5-4-11(17(18)19)10(8-13)15-12/h4-5,9H,2-3,6-7H2,1H3,(H,14,15). The van der Waals surface area contributed by atoms with Crippen molar-refractivity contribution in [2.24, 2.45) is 0 Å². The second kappa shape index (κ2) is 5.63. The van der Waals surface area contributed by atoms with E-state index in [1.54, 1.807) is 6.07 Å². The van der Waals surface area contributed by atoms with Gasteiger partial charge in [-0.1, -0.05) is 0 Å². The van der Waals surface area contributed by atoms with Crippen molar-refractivity contribution in [1.82, 2.24) is 9.88 Å². The van der Waals surface area contributed by atoms with E-state index in [1.165, 1.54) is 25.0 Å². The van der Waals surface area contributed by atoms with E-state index in [2.05, 4.69) is 22.2 Å². The van der Waals surface area contributed by atoms with Gasteiger partial charge in [-0.2, -0.15) is 5.26 Å². The van der Waals surface area contributed by atoms with Crippen molar-refractivity contribution in [2.45, 2.75) is 18.9 Å². The number of nitro groups is 1. The van der Waals surface area contributed by atoms with Crippen LogP contribution in [0.1, 0.15) is 18.5 Å². The Morgan fingerprint density at radius 1 is 1.63 bits per heavy atom. The number of rotatable bonds is 6. The number of hydrogen-bond acceptors (Lipinski definition) is 6. The highest BCUT2D eigenvalue weighted by Gasteiger charge is 2.25. The van der Waals surface area contributed by atoms with Crippen LogP contribution in [0.2, 0.25) is 0 Å². The lowest BCUT2D eigenvalue weighted by Crippen LogP contribution is -2.27. The second-order valence-corrected chi connectivity index (χ2v) is 4.57. The zero-order valence-electron chi connectivity index (χ0n) is 10.7. The number of aromatic nitrogens is 1. The van der Waals surface area contributed by atoms with E-state index in [9.17, 15) is 10.1 Å². The lowest BCUT2D eigenvalue weighted by Gasteiger charge is -2.15. The summed E-state index contributed by atoms with van der Waals surface area (Å²) in [6.07, 6.45) is 2.51. The minimum atomic E-state index is -0.601. The zero-order valence-corrected chi connectivity index (χ0v) is 10.7. The molecule has 0 unspecified atom stereocenters. The molecule has 1 N–H and O–H groups in total. The predicted molar refractivity (Wildman–Crippen MR) is 69.7 cm³/mol. The van der Waals surface area contributed by atoms with Crippen LogP contribution in [0.15, 0.2) is 12.1 Å². The van der Waals surface area contributed by atoms with Crippen molar-refractivity contribution >= 4 is 11.5 Å². The monoisotopic (exact) mass is 261 g/mol. The average molecular weight is 261 g/mol. The molecule has 0 aliphatic heterocycles. The summed E-state index contributed by atoms with van der Waals surface area (Å²) in [6.45, 7) is 1.58. The van der Waals surface area contributed by atoms with E-state index in [1.807, 2.05) is 0 Å². The van der Waals surface area contributed by atoms with Crippen LogP contribution in [0.25, 0.3) is 0 Å². The Morgan fingerprint density at radius 2 is 2.37 bits per heavy atom. The SMILES string of the molecule is CN(CCNc1ccc([N+](=O)[O-])c(C#N)n1)C1CC1. The van der Waals surface area contributed by atoms with Crippen molar-refractivity contribution in [3.63, 3.8) is 0 Å². The Labute approximate surface area is 111 Å². The topological polar surface area (TPSA) is 95.1 Å². The van der Waals surface area contributed by atoms with Gasteiger partial charge in [0.15, 0.2) is 0 Å². The molecule has 0 radical (unpaired) electrons. The summed E-state index contributed by atoms with van der Waals surface area (Å²) in [4.78, 5) is 16.3. The zero-order chi connectivity index (χ0) is 13.8. The van der Waals surface area contributed by atoms with Crippen LogP contribution in [-0.2, 0) is 0 Å². The van der Waals surface area contributed by atoms with E-state index in [0.29, 0.717) is 18.4 Å². The summed E-state index contributed by atoms with van der Waals surface area (Å²) < 4.78 is 0. The lowest BCUT2D eigenvalue weighted by atomic mass is 10.3. The predicted octanol–water partition coefficient (Wildman–Crippen LogP) is 1.37. The van der Waals surface area contributed by atoms with Crippen LogP contribution in [0, 0.1) is 21.4 Å². The summed E-state index contributed by atoms with van der Waals surface area (Å²) in [7, 11) is 2.07. The molecule has 0 bridgehead atoms. The fraction of sp³-hybridized carbons (Fsp3) is 0.500. The number of likely N-dealkylation sites (N-methyl/N-ethyl adjacent to an activating group) is 1. The maximum Gasteiger partial charge on any atom is 0.305 e. The first kappa shape index (κ1) is 13.2. The first-order chi connectivity index (χ1) is 9.11. The van der Waals surface area contributed by atoms with E-state index in [4.69, 9.17) is 5.26 Å². The van der Waals surface area contributed by atoms with Gasteiger partial charge in [0.25, 0.3) is 0 Å². The van der Waals surface area contributed by atoms with E-state index >= 15 is 0 Å². The molecule has 1 heterocycles. The minimum absolute atomic E-state index is 0.162. The fourth-order valence-corrected chi connectivity index (χ4v) is 1.84. The van der Waals surface area contributed by atoms with Crippen LogP contribution in [0.4, 0.5) is 11.5 Å². The van der Waals surface area contributed by atoms with Crippen LogP contribution in [0.5, 0.6) is 0 Å². The highest BCUT2D eigenvalue weighted by Crippen LogP contribution is 2.24. The van der Waals surface area contributed by atoms with Crippen LogP contribution in [-0.4, -0.2) is 41.0 Å².